The summed E-state index contributed by atoms with van der Waals surface area (Å²) >= 11 is 0. The third kappa shape index (κ3) is 3.55. The van der Waals surface area contributed by atoms with Crippen LogP contribution in [0.25, 0.3) is 11.0 Å². The highest BCUT2D eigenvalue weighted by atomic mass is 32.2. The number of benzene rings is 1. The maximum Gasteiger partial charge on any atom is 0.242 e. The average Bonchev–Trinajstić information content (AvgIpc) is 2.90. The van der Waals surface area contributed by atoms with Crippen LogP contribution < -0.4 is 4.72 Å². The number of nitrogens with one attached hydrogen (secondary N) is 1. The van der Waals surface area contributed by atoms with E-state index < -0.39 is 10.0 Å². The molecule has 1 heterocycles. The second-order valence-electron chi connectivity index (χ2n) is 4.70. The number of unbranched alkanes of at least 4 members (excludes halogenated alkanes) is 4. The SMILES string of the molecule is CCCCCCCNS(=O)(=O)c1cccc2nonc12. The molecule has 1 N–H and O–H groups in total. The molecule has 0 aliphatic rings. The fourth-order valence-electron chi connectivity index (χ4n) is 2.01. The minimum Gasteiger partial charge on any atom is -0.243 e. The minimum absolute atomic E-state index is 0.116. The van der Waals surface area contributed by atoms with Gasteiger partial charge in [0.1, 0.15) is 10.4 Å². The highest BCUT2D eigenvalue weighted by Gasteiger charge is 2.19. The first kappa shape index (κ1) is 14.9. The molecule has 0 fully saturated rings. The van der Waals surface area contributed by atoms with Gasteiger partial charge in [-0.25, -0.2) is 17.8 Å². The fraction of sp³-hybridized carbons (Fsp3) is 0.538. The Labute approximate surface area is 118 Å². The van der Waals surface area contributed by atoms with E-state index in [1.165, 1.54) is 18.9 Å². The molecule has 0 saturated carbocycles. The summed E-state index contributed by atoms with van der Waals surface area (Å²) < 4.78 is 31.6. The van der Waals surface area contributed by atoms with Crippen molar-refractivity contribution in [1.82, 2.24) is 15.0 Å². The molecule has 1 aromatic carbocycles. The molecular formula is C13H19N3O3S. The predicted molar refractivity (Wildman–Crippen MR) is 75.8 cm³/mol. The van der Waals surface area contributed by atoms with Crippen LogP contribution in [0.1, 0.15) is 39.0 Å². The molecule has 110 valence electrons. The Hall–Kier alpha value is -1.47. The van der Waals surface area contributed by atoms with Gasteiger partial charge in [0.05, 0.1) is 0 Å². The molecule has 0 spiro atoms. The molecule has 0 aliphatic carbocycles. The van der Waals surface area contributed by atoms with Gasteiger partial charge in [-0.15, -0.1) is 0 Å². The average molecular weight is 297 g/mol. The van der Waals surface area contributed by atoms with E-state index in [-0.39, 0.29) is 10.4 Å². The monoisotopic (exact) mass is 297 g/mol. The Morgan fingerprint density at radius 2 is 1.95 bits per heavy atom. The summed E-state index contributed by atoms with van der Waals surface area (Å²) in [5, 5.41) is 7.29. The molecule has 0 atom stereocenters. The minimum atomic E-state index is -3.56. The molecule has 0 aliphatic heterocycles. The van der Waals surface area contributed by atoms with E-state index in [4.69, 9.17) is 0 Å². The third-order valence-corrected chi connectivity index (χ3v) is 4.60. The van der Waals surface area contributed by atoms with Gasteiger partial charge in [-0.1, -0.05) is 38.7 Å². The molecule has 20 heavy (non-hydrogen) atoms. The second-order valence-corrected chi connectivity index (χ2v) is 6.44. The van der Waals surface area contributed by atoms with E-state index in [0.717, 1.165) is 19.3 Å². The van der Waals surface area contributed by atoms with Crippen LogP contribution in [0.15, 0.2) is 27.7 Å². The third-order valence-electron chi connectivity index (χ3n) is 3.11. The Morgan fingerprint density at radius 1 is 1.15 bits per heavy atom. The van der Waals surface area contributed by atoms with Crippen molar-refractivity contribution >= 4 is 21.1 Å². The Balaban J connectivity index is 1.98. The molecule has 0 unspecified atom stereocenters. The van der Waals surface area contributed by atoms with Crippen molar-refractivity contribution in [3.05, 3.63) is 18.2 Å². The first-order chi connectivity index (χ1) is 9.65. The molecule has 0 amide bonds. The molecule has 0 radical (unpaired) electrons. The summed E-state index contributed by atoms with van der Waals surface area (Å²) in [6.45, 7) is 2.59. The quantitative estimate of drug-likeness (QED) is 0.756. The maximum atomic E-state index is 12.2. The van der Waals surface area contributed by atoms with Crippen LogP contribution in [0.4, 0.5) is 0 Å². The lowest BCUT2D eigenvalue weighted by atomic mass is 10.2. The van der Waals surface area contributed by atoms with Crippen molar-refractivity contribution in [3.63, 3.8) is 0 Å². The molecule has 6 nitrogen and oxygen atoms in total. The number of fused-ring (bicyclic) bond motifs is 1. The molecule has 7 heteroatoms. The zero-order chi connectivity index (χ0) is 14.4. The maximum absolute atomic E-state index is 12.2. The van der Waals surface area contributed by atoms with Gasteiger partial charge in [0.25, 0.3) is 0 Å². The normalized spacial score (nSPS) is 12.1. The van der Waals surface area contributed by atoms with Gasteiger partial charge in [-0.05, 0) is 28.9 Å². The number of hydrogen-bond donors (Lipinski definition) is 1. The molecule has 2 rings (SSSR count). The van der Waals surface area contributed by atoms with Crippen LogP contribution in [-0.2, 0) is 10.0 Å². The number of aromatic nitrogens is 2. The lowest BCUT2D eigenvalue weighted by Gasteiger charge is -2.06. The number of sulfonamides is 1. The van der Waals surface area contributed by atoms with Gasteiger partial charge >= 0.3 is 0 Å². The summed E-state index contributed by atoms with van der Waals surface area (Å²) in [5.41, 5.74) is 0.710. The summed E-state index contributed by atoms with van der Waals surface area (Å²) in [6, 6.07) is 4.80. The highest BCUT2D eigenvalue weighted by Crippen LogP contribution is 2.19. The zero-order valence-corrected chi connectivity index (χ0v) is 12.3. The van der Waals surface area contributed by atoms with Crippen molar-refractivity contribution in [2.24, 2.45) is 0 Å². The largest absolute Gasteiger partial charge is 0.243 e. The molecular weight excluding hydrogens is 278 g/mol. The second kappa shape index (κ2) is 6.81. The van der Waals surface area contributed by atoms with Crippen LogP contribution in [0.5, 0.6) is 0 Å². The Kier molecular flexibility index (Phi) is 5.08. The highest BCUT2D eigenvalue weighted by molar-refractivity contribution is 7.89. The lowest BCUT2D eigenvalue weighted by Crippen LogP contribution is -2.25. The van der Waals surface area contributed by atoms with E-state index in [2.05, 4.69) is 26.6 Å². The van der Waals surface area contributed by atoms with Gasteiger partial charge in [0, 0.05) is 6.54 Å². The Bertz CT molecular complexity index is 652. The fourth-order valence-corrected chi connectivity index (χ4v) is 3.23. The van der Waals surface area contributed by atoms with Crippen LogP contribution in [0.2, 0.25) is 0 Å². The zero-order valence-electron chi connectivity index (χ0n) is 11.5. The van der Waals surface area contributed by atoms with Crippen molar-refractivity contribution in [2.75, 3.05) is 6.54 Å². The number of rotatable bonds is 8. The van der Waals surface area contributed by atoms with Gasteiger partial charge in [-0.3, -0.25) is 0 Å². The molecule has 1 aromatic heterocycles. The van der Waals surface area contributed by atoms with Crippen molar-refractivity contribution < 1.29 is 13.0 Å². The predicted octanol–water partition coefficient (Wildman–Crippen LogP) is 2.47. The number of hydrogen-bond acceptors (Lipinski definition) is 5. The van der Waals surface area contributed by atoms with E-state index >= 15 is 0 Å². The first-order valence-corrected chi connectivity index (χ1v) is 8.34. The standard InChI is InChI=1S/C13H19N3O3S/c1-2-3-4-5-6-10-14-20(17,18)12-9-7-8-11-13(12)16-19-15-11/h7-9,14H,2-6,10H2,1H3. The molecule has 0 bridgehead atoms. The molecule has 0 saturated heterocycles. The summed E-state index contributed by atoms with van der Waals surface area (Å²) in [7, 11) is -3.56. The van der Waals surface area contributed by atoms with E-state index in [1.807, 2.05) is 0 Å². The lowest BCUT2D eigenvalue weighted by molar-refractivity contribution is 0.315. The van der Waals surface area contributed by atoms with Gasteiger partial charge in [0.15, 0.2) is 5.52 Å². The van der Waals surface area contributed by atoms with Gasteiger partial charge < -0.3 is 0 Å². The summed E-state index contributed by atoms with van der Waals surface area (Å²) in [4.78, 5) is 0.116. The summed E-state index contributed by atoms with van der Waals surface area (Å²) in [6.07, 6.45) is 5.38. The molecule has 2 aromatic rings. The first-order valence-electron chi connectivity index (χ1n) is 6.86. The van der Waals surface area contributed by atoms with Crippen LogP contribution in [0, 0.1) is 0 Å². The Morgan fingerprint density at radius 3 is 2.75 bits per heavy atom. The number of nitrogens with zero attached hydrogens (tertiary/aromatic N) is 2. The van der Waals surface area contributed by atoms with E-state index in [0.29, 0.717) is 12.1 Å². The van der Waals surface area contributed by atoms with Gasteiger partial charge in [0.2, 0.25) is 10.0 Å². The topological polar surface area (TPSA) is 85.1 Å². The smallest absolute Gasteiger partial charge is 0.242 e. The van der Waals surface area contributed by atoms with E-state index in [9.17, 15) is 8.42 Å². The van der Waals surface area contributed by atoms with Crippen LogP contribution in [0.3, 0.4) is 0 Å². The van der Waals surface area contributed by atoms with Crippen molar-refractivity contribution in [2.45, 2.75) is 43.9 Å². The van der Waals surface area contributed by atoms with Crippen molar-refractivity contribution in [1.29, 1.82) is 0 Å². The van der Waals surface area contributed by atoms with E-state index in [1.54, 1.807) is 12.1 Å². The van der Waals surface area contributed by atoms with Crippen LogP contribution in [-0.4, -0.2) is 25.3 Å². The van der Waals surface area contributed by atoms with Crippen LogP contribution >= 0.6 is 0 Å². The van der Waals surface area contributed by atoms with Gasteiger partial charge in [-0.2, -0.15) is 0 Å². The summed E-state index contributed by atoms with van der Waals surface area (Å²) in [5.74, 6) is 0. The van der Waals surface area contributed by atoms with Crippen molar-refractivity contribution in [3.8, 4) is 0 Å².